The van der Waals surface area contributed by atoms with Gasteiger partial charge < -0.3 is 5.11 Å². The minimum Gasteiger partial charge on any atom is -0.493 e. The van der Waals surface area contributed by atoms with Crippen molar-refractivity contribution in [2.45, 2.75) is 6.18 Å². The molecule has 0 amide bonds. The molecule has 10 heteroatoms. The van der Waals surface area contributed by atoms with E-state index in [9.17, 15) is 23.1 Å². The fourth-order valence-corrected chi connectivity index (χ4v) is 2.19. The molecule has 7 nitrogen and oxygen atoms in total. The SMILES string of the molecule is Cn1ncc(C(=O)c2ccc(-n3cncn3)cc2C(F)(F)F)c1O. The van der Waals surface area contributed by atoms with Crippen LogP contribution in [0, 0.1) is 0 Å². The molecule has 0 spiro atoms. The molecule has 0 bridgehead atoms. The molecule has 0 aliphatic carbocycles. The standard InChI is InChI=1S/C14H10F3N5O2/c1-21-13(24)10(5-19-21)12(23)9-3-2-8(22-7-18-6-20-22)4-11(9)14(15,16)17/h2-7,24H,1H3. The second-order valence-electron chi connectivity index (χ2n) is 4.90. The summed E-state index contributed by atoms with van der Waals surface area (Å²) in [5.74, 6) is -1.48. The Bertz CT molecular complexity index is 900. The van der Waals surface area contributed by atoms with Gasteiger partial charge in [-0.25, -0.2) is 14.3 Å². The van der Waals surface area contributed by atoms with Crippen LogP contribution in [0.5, 0.6) is 5.88 Å². The first-order valence-electron chi connectivity index (χ1n) is 6.61. The molecule has 0 fully saturated rings. The smallest absolute Gasteiger partial charge is 0.417 e. The molecule has 2 heterocycles. The molecular formula is C14H10F3N5O2. The van der Waals surface area contributed by atoms with Gasteiger partial charge in [-0.1, -0.05) is 0 Å². The molecule has 0 aliphatic rings. The Kier molecular flexibility index (Phi) is 3.59. The number of aromatic hydroxyl groups is 1. The van der Waals surface area contributed by atoms with Crippen molar-refractivity contribution in [2.24, 2.45) is 7.05 Å². The van der Waals surface area contributed by atoms with Gasteiger partial charge in [0.2, 0.25) is 11.7 Å². The zero-order valence-corrected chi connectivity index (χ0v) is 12.2. The van der Waals surface area contributed by atoms with E-state index in [-0.39, 0.29) is 11.3 Å². The summed E-state index contributed by atoms with van der Waals surface area (Å²) in [5, 5.41) is 17.2. The maximum atomic E-state index is 13.4. The van der Waals surface area contributed by atoms with E-state index in [2.05, 4.69) is 15.2 Å². The first-order valence-corrected chi connectivity index (χ1v) is 6.61. The molecule has 3 aromatic rings. The highest BCUT2D eigenvalue weighted by Crippen LogP contribution is 2.35. The van der Waals surface area contributed by atoms with E-state index in [4.69, 9.17) is 0 Å². The molecule has 0 radical (unpaired) electrons. The van der Waals surface area contributed by atoms with Crippen LogP contribution < -0.4 is 0 Å². The number of carbonyl (C=O) groups excluding carboxylic acids is 1. The average molecular weight is 337 g/mol. The topological polar surface area (TPSA) is 85.8 Å². The van der Waals surface area contributed by atoms with Gasteiger partial charge in [-0.05, 0) is 18.2 Å². The number of benzene rings is 1. The minimum atomic E-state index is -4.76. The second-order valence-corrected chi connectivity index (χ2v) is 4.90. The molecular weight excluding hydrogens is 327 g/mol. The quantitative estimate of drug-likeness (QED) is 0.739. The van der Waals surface area contributed by atoms with Crippen LogP contribution in [0.4, 0.5) is 13.2 Å². The van der Waals surface area contributed by atoms with E-state index < -0.39 is 29.0 Å². The van der Waals surface area contributed by atoms with Crippen molar-refractivity contribution in [3.05, 3.63) is 53.7 Å². The fraction of sp³-hybridized carbons (Fsp3) is 0.143. The molecule has 2 aromatic heterocycles. The summed E-state index contributed by atoms with van der Waals surface area (Å²) in [6.07, 6.45) is -1.33. The van der Waals surface area contributed by atoms with Crippen molar-refractivity contribution in [3.63, 3.8) is 0 Å². The van der Waals surface area contributed by atoms with Gasteiger partial charge in [-0.2, -0.15) is 23.4 Å². The van der Waals surface area contributed by atoms with Crippen LogP contribution >= 0.6 is 0 Å². The van der Waals surface area contributed by atoms with E-state index >= 15 is 0 Å². The molecule has 0 atom stereocenters. The molecule has 0 aliphatic heterocycles. The molecule has 1 aromatic carbocycles. The number of hydrogen-bond acceptors (Lipinski definition) is 5. The van der Waals surface area contributed by atoms with Crippen LogP contribution in [0.2, 0.25) is 0 Å². The largest absolute Gasteiger partial charge is 0.493 e. The Morgan fingerprint density at radius 1 is 1.21 bits per heavy atom. The Hall–Kier alpha value is -3.17. The van der Waals surface area contributed by atoms with Crippen molar-refractivity contribution >= 4 is 5.78 Å². The summed E-state index contributed by atoms with van der Waals surface area (Å²) in [6.45, 7) is 0. The van der Waals surface area contributed by atoms with E-state index in [0.29, 0.717) is 0 Å². The number of rotatable bonds is 3. The summed E-state index contributed by atoms with van der Waals surface area (Å²) in [7, 11) is 1.37. The van der Waals surface area contributed by atoms with Gasteiger partial charge >= 0.3 is 6.18 Å². The lowest BCUT2D eigenvalue weighted by Crippen LogP contribution is -2.15. The second kappa shape index (κ2) is 5.48. The van der Waals surface area contributed by atoms with E-state index in [1.807, 2.05) is 0 Å². The lowest BCUT2D eigenvalue weighted by atomic mass is 9.99. The van der Waals surface area contributed by atoms with E-state index in [1.165, 1.54) is 25.8 Å². The van der Waals surface area contributed by atoms with Gasteiger partial charge in [-0.15, -0.1) is 0 Å². The maximum absolute atomic E-state index is 13.4. The van der Waals surface area contributed by atoms with Crippen LogP contribution in [0.25, 0.3) is 5.69 Å². The van der Waals surface area contributed by atoms with Crippen LogP contribution in [0.1, 0.15) is 21.5 Å². The number of ketones is 1. The summed E-state index contributed by atoms with van der Waals surface area (Å²) in [6, 6.07) is 3.15. The van der Waals surface area contributed by atoms with Crippen molar-refractivity contribution in [2.75, 3.05) is 0 Å². The normalized spacial score (nSPS) is 11.7. The third-order valence-electron chi connectivity index (χ3n) is 3.39. The predicted molar refractivity (Wildman–Crippen MR) is 74.7 cm³/mol. The number of hydrogen-bond donors (Lipinski definition) is 1. The van der Waals surface area contributed by atoms with Gasteiger partial charge in [0.15, 0.2) is 0 Å². The summed E-state index contributed by atoms with van der Waals surface area (Å²) < 4.78 is 42.2. The Morgan fingerprint density at radius 3 is 2.50 bits per heavy atom. The highest BCUT2D eigenvalue weighted by Gasteiger charge is 2.36. The highest BCUT2D eigenvalue weighted by atomic mass is 19.4. The van der Waals surface area contributed by atoms with Crippen molar-refractivity contribution < 1.29 is 23.1 Å². The van der Waals surface area contributed by atoms with Gasteiger partial charge in [0.05, 0.1) is 17.4 Å². The molecule has 24 heavy (non-hydrogen) atoms. The van der Waals surface area contributed by atoms with Gasteiger partial charge in [0.1, 0.15) is 18.2 Å². The first kappa shape index (κ1) is 15.7. The molecule has 0 saturated heterocycles. The third kappa shape index (κ3) is 2.62. The lowest BCUT2D eigenvalue weighted by Gasteiger charge is -2.13. The number of carbonyl (C=O) groups is 1. The number of nitrogens with zero attached hydrogens (tertiary/aromatic N) is 5. The van der Waals surface area contributed by atoms with Gasteiger partial charge in [-0.3, -0.25) is 4.79 Å². The molecule has 0 unspecified atom stereocenters. The van der Waals surface area contributed by atoms with Gasteiger partial charge in [0, 0.05) is 12.6 Å². The van der Waals surface area contributed by atoms with Gasteiger partial charge in [0.25, 0.3) is 0 Å². The Morgan fingerprint density at radius 2 is 1.96 bits per heavy atom. The number of alkyl halides is 3. The maximum Gasteiger partial charge on any atom is 0.417 e. The predicted octanol–water partition coefficient (Wildman–Crippen LogP) is 1.96. The first-order chi connectivity index (χ1) is 11.3. The number of aryl methyl sites for hydroxylation is 1. The third-order valence-corrected chi connectivity index (χ3v) is 3.39. The monoisotopic (exact) mass is 337 g/mol. The molecule has 1 N–H and O–H groups in total. The summed E-state index contributed by atoms with van der Waals surface area (Å²) in [4.78, 5) is 16.1. The highest BCUT2D eigenvalue weighted by molar-refractivity contribution is 6.11. The van der Waals surface area contributed by atoms with Crippen molar-refractivity contribution in [1.29, 1.82) is 0 Å². The number of aromatic nitrogens is 5. The van der Waals surface area contributed by atoms with Crippen LogP contribution in [0.15, 0.2) is 37.1 Å². The lowest BCUT2D eigenvalue weighted by molar-refractivity contribution is -0.137. The molecule has 124 valence electrons. The Labute approximate surface area is 133 Å². The molecule has 3 rings (SSSR count). The number of halogens is 3. The fourth-order valence-electron chi connectivity index (χ4n) is 2.19. The van der Waals surface area contributed by atoms with E-state index in [1.54, 1.807) is 0 Å². The zero-order valence-electron chi connectivity index (χ0n) is 12.2. The van der Waals surface area contributed by atoms with Crippen molar-refractivity contribution in [3.8, 4) is 11.6 Å². The van der Waals surface area contributed by atoms with Crippen LogP contribution in [-0.4, -0.2) is 35.4 Å². The van der Waals surface area contributed by atoms with Crippen LogP contribution in [-0.2, 0) is 13.2 Å². The summed E-state index contributed by atoms with van der Waals surface area (Å²) in [5.41, 5.74) is -1.93. The van der Waals surface area contributed by atoms with Crippen molar-refractivity contribution in [1.82, 2.24) is 24.5 Å². The molecule has 0 saturated carbocycles. The minimum absolute atomic E-state index is 0.104. The Balaban J connectivity index is 2.14. The zero-order chi connectivity index (χ0) is 17.5. The van der Waals surface area contributed by atoms with Crippen LogP contribution in [0.3, 0.4) is 0 Å². The average Bonchev–Trinajstić information content (AvgIpc) is 3.17. The van der Waals surface area contributed by atoms with E-state index in [0.717, 1.165) is 27.7 Å². The summed E-state index contributed by atoms with van der Waals surface area (Å²) >= 11 is 0.